The van der Waals surface area contributed by atoms with E-state index in [1.807, 2.05) is 13.8 Å². The molecular weight excluding hydrogens is 418 g/mol. The number of hydrogen-bond acceptors (Lipinski definition) is 5. The summed E-state index contributed by atoms with van der Waals surface area (Å²) in [4.78, 5) is 26.6. The highest BCUT2D eigenvalue weighted by atomic mass is 32.2. The smallest absolute Gasteiger partial charge is 0.287 e. The van der Waals surface area contributed by atoms with Crippen LogP contribution < -0.4 is 5.32 Å². The Balaban J connectivity index is 1.61. The molecule has 2 amide bonds. The van der Waals surface area contributed by atoms with Gasteiger partial charge in [0.05, 0.1) is 11.2 Å². The first-order chi connectivity index (χ1) is 14.8. The van der Waals surface area contributed by atoms with Gasteiger partial charge in [0, 0.05) is 43.3 Å². The van der Waals surface area contributed by atoms with Gasteiger partial charge in [-0.1, -0.05) is 0 Å². The van der Waals surface area contributed by atoms with E-state index in [0.717, 1.165) is 5.56 Å². The van der Waals surface area contributed by atoms with Gasteiger partial charge in [-0.3, -0.25) is 9.59 Å². The van der Waals surface area contributed by atoms with Crippen LogP contribution in [0.4, 0.5) is 0 Å². The van der Waals surface area contributed by atoms with Gasteiger partial charge in [-0.15, -0.1) is 0 Å². The lowest BCUT2D eigenvalue weighted by Crippen LogP contribution is -2.46. The quantitative estimate of drug-likeness (QED) is 0.703. The van der Waals surface area contributed by atoms with Crippen LogP contribution in [0.3, 0.4) is 0 Å². The maximum Gasteiger partial charge on any atom is 0.287 e. The Morgan fingerprint density at radius 2 is 1.71 bits per heavy atom. The number of benzene rings is 1. The highest BCUT2D eigenvalue weighted by Crippen LogP contribution is 2.22. The van der Waals surface area contributed by atoms with Crippen LogP contribution in [-0.4, -0.2) is 61.7 Å². The summed E-state index contributed by atoms with van der Waals surface area (Å²) in [5, 5.41) is 2.92. The van der Waals surface area contributed by atoms with Crippen molar-refractivity contribution in [2.24, 2.45) is 0 Å². The predicted molar refractivity (Wildman–Crippen MR) is 116 cm³/mol. The molecule has 1 N–H and O–H groups in total. The van der Waals surface area contributed by atoms with Gasteiger partial charge in [-0.05, 0) is 63.9 Å². The van der Waals surface area contributed by atoms with Crippen molar-refractivity contribution in [1.29, 1.82) is 0 Å². The minimum absolute atomic E-state index is 0.113. The molecule has 3 rings (SSSR count). The molecule has 2 aromatic rings. The van der Waals surface area contributed by atoms with E-state index in [-0.39, 0.29) is 28.5 Å². The molecule has 1 aliphatic heterocycles. The number of furan rings is 1. The van der Waals surface area contributed by atoms with E-state index in [1.165, 1.54) is 22.7 Å². The molecule has 0 aliphatic carbocycles. The zero-order valence-electron chi connectivity index (χ0n) is 18.1. The van der Waals surface area contributed by atoms with Crippen LogP contribution in [0.1, 0.15) is 53.2 Å². The summed E-state index contributed by atoms with van der Waals surface area (Å²) < 4.78 is 32.6. The lowest BCUT2D eigenvalue weighted by Gasteiger charge is -2.31. The fourth-order valence-corrected chi connectivity index (χ4v) is 5.18. The number of aryl methyl sites for hydroxylation is 1. The van der Waals surface area contributed by atoms with Gasteiger partial charge in [0.25, 0.3) is 11.8 Å². The molecule has 2 heterocycles. The average molecular weight is 448 g/mol. The number of carbonyl (C=O) groups is 2. The number of carbonyl (C=O) groups excluding carboxylic acids is 2. The third kappa shape index (κ3) is 4.99. The summed E-state index contributed by atoms with van der Waals surface area (Å²) in [5.74, 6) is -0.107. The summed E-state index contributed by atoms with van der Waals surface area (Å²) in [6.07, 6.45) is 2.51. The first-order valence-corrected chi connectivity index (χ1v) is 12.0. The third-order valence-electron chi connectivity index (χ3n) is 5.65. The van der Waals surface area contributed by atoms with E-state index in [0.29, 0.717) is 44.6 Å². The Kier molecular flexibility index (Phi) is 7.17. The number of piperidine rings is 1. The van der Waals surface area contributed by atoms with Gasteiger partial charge in [-0.2, -0.15) is 4.31 Å². The van der Waals surface area contributed by atoms with Crippen molar-refractivity contribution in [1.82, 2.24) is 14.5 Å². The molecule has 1 aromatic heterocycles. The lowest BCUT2D eigenvalue weighted by atomic mass is 10.1. The van der Waals surface area contributed by atoms with E-state index >= 15 is 0 Å². The van der Waals surface area contributed by atoms with Crippen LogP contribution in [0, 0.1) is 6.92 Å². The van der Waals surface area contributed by atoms with E-state index in [4.69, 9.17) is 4.42 Å². The molecule has 0 bridgehead atoms. The lowest BCUT2D eigenvalue weighted by molar-refractivity contribution is 0.0772. The summed E-state index contributed by atoms with van der Waals surface area (Å²) >= 11 is 0. The van der Waals surface area contributed by atoms with Crippen molar-refractivity contribution in [2.45, 2.75) is 44.6 Å². The molecule has 9 heteroatoms. The molecule has 0 atom stereocenters. The standard InChI is InChI=1S/C22H29N3O5S/c1-4-24(5-2)22(27)17-6-8-19(9-7-17)31(28,29)25-13-10-18(11-14-25)23-21(26)20-16(3)12-15-30-20/h6-9,12,15,18H,4-5,10-11,13-14H2,1-3H3,(H,23,26). The van der Waals surface area contributed by atoms with E-state index < -0.39 is 10.0 Å². The summed E-state index contributed by atoms with van der Waals surface area (Å²) in [6.45, 7) is 7.42. The van der Waals surface area contributed by atoms with Crippen LogP contribution >= 0.6 is 0 Å². The zero-order chi connectivity index (χ0) is 22.6. The van der Waals surface area contributed by atoms with Crippen LogP contribution in [-0.2, 0) is 10.0 Å². The molecule has 1 saturated heterocycles. The van der Waals surface area contributed by atoms with Crippen LogP contribution in [0.2, 0.25) is 0 Å². The second kappa shape index (κ2) is 9.65. The molecule has 1 aromatic carbocycles. The molecule has 168 valence electrons. The van der Waals surface area contributed by atoms with Crippen molar-refractivity contribution in [3.8, 4) is 0 Å². The molecule has 1 aliphatic rings. The van der Waals surface area contributed by atoms with Gasteiger partial charge in [0.15, 0.2) is 5.76 Å². The van der Waals surface area contributed by atoms with Gasteiger partial charge < -0.3 is 14.6 Å². The number of hydrogen-bond donors (Lipinski definition) is 1. The normalized spacial score (nSPS) is 15.6. The van der Waals surface area contributed by atoms with E-state index in [2.05, 4.69) is 5.32 Å². The SMILES string of the molecule is CCN(CC)C(=O)c1ccc(S(=O)(=O)N2CCC(NC(=O)c3occc3C)CC2)cc1. The highest BCUT2D eigenvalue weighted by Gasteiger charge is 2.30. The highest BCUT2D eigenvalue weighted by molar-refractivity contribution is 7.89. The van der Waals surface area contributed by atoms with Gasteiger partial charge in [0.1, 0.15) is 0 Å². The van der Waals surface area contributed by atoms with Crippen molar-refractivity contribution >= 4 is 21.8 Å². The summed E-state index contributed by atoms with van der Waals surface area (Å²) in [6, 6.07) is 7.71. The Morgan fingerprint density at radius 3 is 2.23 bits per heavy atom. The Bertz CT molecular complexity index is 1020. The van der Waals surface area contributed by atoms with Crippen molar-refractivity contribution < 1.29 is 22.4 Å². The van der Waals surface area contributed by atoms with Crippen LogP contribution in [0.5, 0.6) is 0 Å². The van der Waals surface area contributed by atoms with Crippen LogP contribution in [0.25, 0.3) is 0 Å². The van der Waals surface area contributed by atoms with Crippen molar-refractivity contribution in [2.75, 3.05) is 26.2 Å². The molecular formula is C22H29N3O5S. The second-order valence-electron chi connectivity index (χ2n) is 7.59. The molecule has 0 radical (unpaired) electrons. The number of nitrogens with zero attached hydrogens (tertiary/aromatic N) is 2. The molecule has 0 unspecified atom stereocenters. The topological polar surface area (TPSA) is 99.9 Å². The fourth-order valence-electron chi connectivity index (χ4n) is 3.71. The first kappa shape index (κ1) is 23.0. The van der Waals surface area contributed by atoms with Gasteiger partial charge in [-0.25, -0.2) is 8.42 Å². The largest absolute Gasteiger partial charge is 0.459 e. The molecule has 1 fully saturated rings. The second-order valence-corrected chi connectivity index (χ2v) is 9.52. The number of amides is 2. The van der Waals surface area contributed by atoms with Crippen molar-refractivity contribution in [3.05, 3.63) is 53.5 Å². The maximum absolute atomic E-state index is 13.0. The first-order valence-electron chi connectivity index (χ1n) is 10.5. The molecule has 0 spiro atoms. The maximum atomic E-state index is 13.0. The van der Waals surface area contributed by atoms with Gasteiger partial charge >= 0.3 is 0 Å². The Hall–Kier alpha value is -2.65. The number of rotatable bonds is 7. The third-order valence-corrected chi connectivity index (χ3v) is 7.56. The number of sulfonamides is 1. The Labute approximate surface area is 183 Å². The molecule has 8 nitrogen and oxygen atoms in total. The average Bonchev–Trinajstić information content (AvgIpc) is 3.21. The van der Waals surface area contributed by atoms with Crippen LogP contribution in [0.15, 0.2) is 45.9 Å². The monoisotopic (exact) mass is 447 g/mol. The minimum atomic E-state index is -3.66. The van der Waals surface area contributed by atoms with E-state index in [9.17, 15) is 18.0 Å². The molecule has 0 saturated carbocycles. The summed E-state index contributed by atoms with van der Waals surface area (Å²) in [5.41, 5.74) is 1.23. The van der Waals surface area contributed by atoms with E-state index in [1.54, 1.807) is 30.0 Å². The minimum Gasteiger partial charge on any atom is -0.459 e. The fraction of sp³-hybridized carbons (Fsp3) is 0.455. The van der Waals surface area contributed by atoms with Gasteiger partial charge in [0.2, 0.25) is 10.0 Å². The zero-order valence-corrected chi connectivity index (χ0v) is 18.9. The molecule has 31 heavy (non-hydrogen) atoms. The predicted octanol–water partition coefficient (Wildman–Crippen LogP) is 2.65. The summed E-state index contributed by atoms with van der Waals surface area (Å²) in [7, 11) is -3.66. The number of nitrogens with one attached hydrogen (secondary N) is 1. The van der Waals surface area contributed by atoms with Crippen molar-refractivity contribution in [3.63, 3.8) is 0 Å². The Morgan fingerprint density at radius 1 is 1.10 bits per heavy atom.